The number of fused-ring (bicyclic) bond motifs is 2. The Hall–Kier alpha value is -1.99. The van der Waals surface area contributed by atoms with Crippen LogP contribution in [0.5, 0.6) is 0 Å². The summed E-state index contributed by atoms with van der Waals surface area (Å²) in [5.74, 6) is 0.184. The van der Waals surface area contributed by atoms with Crippen LogP contribution in [0.15, 0.2) is 0 Å². The fourth-order valence-corrected chi connectivity index (χ4v) is 4.90. The van der Waals surface area contributed by atoms with E-state index >= 15 is 0 Å². The number of nitrogens with one attached hydrogen (secondary N) is 1. The Kier molecular flexibility index (Phi) is 4.79. The zero-order chi connectivity index (χ0) is 19.2. The number of amides is 5. The summed E-state index contributed by atoms with van der Waals surface area (Å²) in [6.45, 7) is 6.31. The number of likely N-dealkylation sites (tertiary alicyclic amines) is 3. The third-order valence-corrected chi connectivity index (χ3v) is 6.31. The minimum absolute atomic E-state index is 0.0289. The maximum absolute atomic E-state index is 12.8. The molecule has 3 saturated heterocycles. The molecule has 8 heteroatoms. The molecule has 8 nitrogen and oxygen atoms in total. The van der Waals surface area contributed by atoms with Gasteiger partial charge in [-0.05, 0) is 26.7 Å². The Morgan fingerprint density at radius 3 is 2.31 bits per heavy atom. The summed E-state index contributed by atoms with van der Waals surface area (Å²) in [4.78, 5) is 44.6. The van der Waals surface area contributed by atoms with Gasteiger partial charge in [-0.1, -0.05) is 0 Å². The van der Waals surface area contributed by atoms with Gasteiger partial charge in [-0.3, -0.25) is 4.79 Å². The maximum Gasteiger partial charge on any atom is 0.319 e. The summed E-state index contributed by atoms with van der Waals surface area (Å²) in [6.07, 6.45) is 1.54. The van der Waals surface area contributed by atoms with E-state index in [2.05, 4.69) is 5.32 Å². The van der Waals surface area contributed by atoms with Crippen LogP contribution in [-0.2, 0) is 4.79 Å². The molecule has 0 radical (unpaired) electrons. The van der Waals surface area contributed by atoms with E-state index in [4.69, 9.17) is 0 Å². The Balaban J connectivity index is 1.73. The number of hydrogen-bond donors (Lipinski definition) is 1. The first-order valence-electron chi connectivity index (χ1n) is 9.46. The van der Waals surface area contributed by atoms with Gasteiger partial charge >= 0.3 is 12.1 Å². The van der Waals surface area contributed by atoms with Gasteiger partial charge < -0.3 is 24.9 Å². The second kappa shape index (κ2) is 6.63. The molecule has 0 bridgehead atoms. The number of hydrogen-bond acceptors (Lipinski definition) is 3. The van der Waals surface area contributed by atoms with Crippen LogP contribution in [0.3, 0.4) is 0 Å². The van der Waals surface area contributed by atoms with E-state index in [0.717, 1.165) is 12.8 Å². The molecule has 26 heavy (non-hydrogen) atoms. The van der Waals surface area contributed by atoms with Gasteiger partial charge in [0.15, 0.2) is 0 Å². The highest BCUT2D eigenvalue weighted by Gasteiger charge is 2.61. The van der Waals surface area contributed by atoms with Crippen LogP contribution >= 0.6 is 0 Å². The minimum atomic E-state index is -0.238. The van der Waals surface area contributed by atoms with Crippen molar-refractivity contribution in [3.05, 3.63) is 0 Å². The molecule has 3 fully saturated rings. The highest BCUT2D eigenvalue weighted by molar-refractivity contribution is 5.85. The molecule has 3 aliphatic rings. The van der Waals surface area contributed by atoms with E-state index < -0.39 is 0 Å². The van der Waals surface area contributed by atoms with Gasteiger partial charge in [0.2, 0.25) is 5.91 Å². The molecule has 3 aliphatic heterocycles. The molecule has 0 unspecified atom stereocenters. The number of nitrogens with zero attached hydrogens (tertiary/aromatic N) is 4. The lowest BCUT2D eigenvalue weighted by Crippen LogP contribution is -2.58. The number of piperidine rings is 1. The highest BCUT2D eigenvalue weighted by atomic mass is 16.2. The molecule has 0 saturated carbocycles. The van der Waals surface area contributed by atoms with Gasteiger partial charge in [0.05, 0.1) is 11.5 Å². The topological polar surface area (TPSA) is 76.2 Å². The lowest BCUT2D eigenvalue weighted by Gasteiger charge is -2.46. The van der Waals surface area contributed by atoms with Crippen molar-refractivity contribution in [3.63, 3.8) is 0 Å². The average Bonchev–Trinajstić information content (AvgIpc) is 3.10. The van der Waals surface area contributed by atoms with E-state index in [9.17, 15) is 14.4 Å². The van der Waals surface area contributed by atoms with Crippen molar-refractivity contribution in [3.8, 4) is 0 Å². The van der Waals surface area contributed by atoms with Crippen LogP contribution < -0.4 is 5.32 Å². The number of rotatable bonds is 1. The molecule has 0 aliphatic carbocycles. The van der Waals surface area contributed by atoms with Crippen LogP contribution in [0.25, 0.3) is 0 Å². The Morgan fingerprint density at radius 2 is 1.77 bits per heavy atom. The van der Waals surface area contributed by atoms with Crippen molar-refractivity contribution < 1.29 is 14.4 Å². The van der Waals surface area contributed by atoms with Crippen LogP contribution in [-0.4, -0.2) is 96.5 Å². The zero-order valence-electron chi connectivity index (χ0n) is 16.5. The van der Waals surface area contributed by atoms with E-state index in [0.29, 0.717) is 26.2 Å². The smallest absolute Gasteiger partial charge is 0.319 e. The van der Waals surface area contributed by atoms with Gasteiger partial charge in [0.1, 0.15) is 0 Å². The second-order valence-electron chi connectivity index (χ2n) is 8.39. The molecule has 146 valence electrons. The van der Waals surface area contributed by atoms with E-state index in [1.807, 2.05) is 30.7 Å². The van der Waals surface area contributed by atoms with Gasteiger partial charge in [-0.2, -0.15) is 0 Å². The summed E-state index contributed by atoms with van der Waals surface area (Å²) in [5.41, 5.74) is -0.238. The molecule has 3 rings (SSSR count). The highest BCUT2D eigenvalue weighted by Crippen LogP contribution is 2.49. The summed E-state index contributed by atoms with van der Waals surface area (Å²) < 4.78 is 0. The van der Waals surface area contributed by atoms with Gasteiger partial charge in [0.25, 0.3) is 0 Å². The number of urea groups is 2. The van der Waals surface area contributed by atoms with Crippen LogP contribution in [0.4, 0.5) is 9.59 Å². The monoisotopic (exact) mass is 365 g/mol. The fourth-order valence-electron chi connectivity index (χ4n) is 4.90. The first-order chi connectivity index (χ1) is 12.2. The Labute approximate surface area is 155 Å². The van der Waals surface area contributed by atoms with Crippen molar-refractivity contribution in [2.45, 2.75) is 38.3 Å². The predicted molar refractivity (Wildman–Crippen MR) is 97.6 cm³/mol. The zero-order valence-corrected chi connectivity index (χ0v) is 16.5. The molecule has 5 amide bonds. The quantitative estimate of drug-likeness (QED) is 0.741. The Morgan fingerprint density at radius 1 is 1.15 bits per heavy atom. The Bertz CT molecular complexity index is 598. The molecule has 3 heterocycles. The normalized spacial score (nSPS) is 27.3. The summed E-state index contributed by atoms with van der Waals surface area (Å²) in [7, 11) is 5.38. The van der Waals surface area contributed by atoms with E-state index in [1.54, 1.807) is 23.9 Å². The fraction of sp³-hybridized carbons (Fsp3) is 0.833. The molecule has 0 aromatic carbocycles. The molecule has 0 aromatic rings. The molecular formula is C18H31N5O3. The predicted octanol–water partition coefficient (Wildman–Crippen LogP) is 0.641. The van der Waals surface area contributed by atoms with Crippen molar-refractivity contribution in [1.29, 1.82) is 0 Å². The van der Waals surface area contributed by atoms with Crippen molar-refractivity contribution >= 4 is 18.0 Å². The second-order valence-corrected chi connectivity index (χ2v) is 8.39. The molecule has 0 aromatic heterocycles. The molecule has 2 atom stereocenters. The lowest BCUT2D eigenvalue weighted by atomic mass is 9.75. The van der Waals surface area contributed by atoms with Crippen molar-refractivity contribution in [2.75, 3.05) is 47.3 Å². The number of carbonyl (C=O) groups is 3. The lowest BCUT2D eigenvalue weighted by molar-refractivity contribution is -0.133. The molecule has 1 spiro atoms. The standard InChI is InChI=1S/C18H31N5O3/c1-12(2)19-16(25)22-8-6-18(7-9-22)14-11-23(17(26)20(3)4)10-13(14)15(24)21(18)5/h12-14H,6-11H2,1-5H3,(H,19,25)/t13-,14+/m1/s1. The average molecular weight is 365 g/mol. The summed E-state index contributed by atoms with van der Waals surface area (Å²) >= 11 is 0. The maximum atomic E-state index is 12.8. The van der Waals surface area contributed by atoms with Gasteiger partial charge in [-0.15, -0.1) is 0 Å². The molecular weight excluding hydrogens is 334 g/mol. The van der Waals surface area contributed by atoms with E-state index in [-0.39, 0.29) is 41.4 Å². The third-order valence-electron chi connectivity index (χ3n) is 6.31. The van der Waals surface area contributed by atoms with E-state index in [1.165, 1.54) is 0 Å². The minimum Gasteiger partial charge on any atom is -0.339 e. The number of carbonyl (C=O) groups excluding carboxylic acids is 3. The van der Waals surface area contributed by atoms with Crippen LogP contribution in [0, 0.1) is 11.8 Å². The largest absolute Gasteiger partial charge is 0.339 e. The summed E-state index contributed by atoms with van der Waals surface area (Å²) in [5, 5.41) is 2.94. The van der Waals surface area contributed by atoms with Crippen molar-refractivity contribution in [1.82, 2.24) is 24.9 Å². The molecule has 1 N–H and O–H groups in total. The van der Waals surface area contributed by atoms with Gasteiger partial charge in [0, 0.05) is 59.3 Å². The third kappa shape index (κ3) is 2.89. The van der Waals surface area contributed by atoms with Crippen LogP contribution in [0.2, 0.25) is 0 Å². The first-order valence-corrected chi connectivity index (χ1v) is 9.46. The summed E-state index contributed by atoms with van der Waals surface area (Å²) in [6, 6.07) is 0.0481. The first kappa shape index (κ1) is 18.8. The van der Waals surface area contributed by atoms with Crippen molar-refractivity contribution in [2.24, 2.45) is 11.8 Å². The van der Waals surface area contributed by atoms with Gasteiger partial charge in [-0.25, -0.2) is 9.59 Å². The van der Waals surface area contributed by atoms with Crippen LogP contribution in [0.1, 0.15) is 26.7 Å². The SMILES string of the molecule is CC(C)NC(=O)N1CCC2(CC1)[C@H]1CN(C(=O)N(C)C)C[C@H]1C(=O)N2C.